The van der Waals surface area contributed by atoms with Crippen LogP contribution >= 0.6 is 15.9 Å². The van der Waals surface area contributed by atoms with Gasteiger partial charge in [0.05, 0.1) is 18.2 Å². The van der Waals surface area contributed by atoms with Crippen molar-refractivity contribution in [3.05, 3.63) is 92.4 Å². The second-order valence-corrected chi connectivity index (χ2v) is 7.68. The molecule has 0 saturated carbocycles. The third-order valence-corrected chi connectivity index (χ3v) is 4.87. The number of hydrazone groups is 1. The molecule has 3 rings (SSSR count). The summed E-state index contributed by atoms with van der Waals surface area (Å²) in [5.41, 5.74) is 3.87. The number of hydrogen-bond acceptors (Lipinski definition) is 7. The van der Waals surface area contributed by atoms with Gasteiger partial charge in [0.1, 0.15) is 0 Å². The van der Waals surface area contributed by atoms with Gasteiger partial charge in [-0.1, -0.05) is 22.0 Å². The Hall–Kier alpha value is -4.25. The number of nitrogens with one attached hydrogen (secondary N) is 2. The number of carbonyl (C=O) groups excluding carboxylic acids is 2. The minimum Gasteiger partial charge on any atom is -0.493 e. The van der Waals surface area contributed by atoms with Crippen molar-refractivity contribution < 1.29 is 24.0 Å². The summed E-state index contributed by atoms with van der Waals surface area (Å²) in [5.74, 6) is -0.109. The molecule has 0 heterocycles. The van der Waals surface area contributed by atoms with Gasteiger partial charge >= 0.3 is 0 Å². The van der Waals surface area contributed by atoms with E-state index < -0.39 is 10.8 Å². The normalized spacial score (nSPS) is 10.5. The number of nitro benzene ring substituents is 1. The lowest BCUT2D eigenvalue weighted by atomic mass is 10.2. The summed E-state index contributed by atoms with van der Waals surface area (Å²) in [6.07, 6.45) is 1.45. The Bertz CT molecular complexity index is 1230. The largest absolute Gasteiger partial charge is 0.493 e. The third-order valence-electron chi connectivity index (χ3n) is 4.37. The highest BCUT2D eigenvalue weighted by atomic mass is 79.9. The molecule has 0 spiro atoms. The molecule has 34 heavy (non-hydrogen) atoms. The molecule has 3 aromatic carbocycles. The van der Waals surface area contributed by atoms with Crippen molar-refractivity contribution in [2.24, 2.45) is 5.10 Å². The Kier molecular flexibility index (Phi) is 8.30. The van der Waals surface area contributed by atoms with Gasteiger partial charge in [-0.05, 0) is 54.1 Å². The van der Waals surface area contributed by atoms with Crippen LogP contribution in [-0.4, -0.2) is 36.7 Å². The van der Waals surface area contributed by atoms with Gasteiger partial charge in [-0.2, -0.15) is 5.10 Å². The van der Waals surface area contributed by atoms with E-state index in [1.165, 1.54) is 37.6 Å². The molecule has 0 saturated heterocycles. The molecular weight excluding hydrogens is 508 g/mol. The molecule has 0 radical (unpaired) electrons. The van der Waals surface area contributed by atoms with Crippen molar-refractivity contribution in [2.75, 3.05) is 19.0 Å². The number of ether oxygens (including phenoxy) is 2. The number of benzene rings is 3. The molecule has 11 heteroatoms. The van der Waals surface area contributed by atoms with Crippen LogP contribution in [0.15, 0.2) is 76.3 Å². The molecule has 174 valence electrons. The van der Waals surface area contributed by atoms with Gasteiger partial charge in [0.15, 0.2) is 18.1 Å². The highest BCUT2D eigenvalue weighted by molar-refractivity contribution is 9.10. The van der Waals surface area contributed by atoms with Crippen LogP contribution in [0.5, 0.6) is 11.5 Å². The maximum Gasteiger partial charge on any atom is 0.271 e. The number of hydrogen-bond donors (Lipinski definition) is 2. The maximum absolute atomic E-state index is 12.1. The van der Waals surface area contributed by atoms with Crippen LogP contribution in [0.3, 0.4) is 0 Å². The Morgan fingerprint density at radius 3 is 2.53 bits per heavy atom. The van der Waals surface area contributed by atoms with E-state index in [1.54, 1.807) is 36.4 Å². The molecule has 0 aromatic heterocycles. The second kappa shape index (κ2) is 11.6. The summed E-state index contributed by atoms with van der Waals surface area (Å²) in [6, 6.07) is 17.3. The number of rotatable bonds is 9. The Balaban J connectivity index is 1.55. The molecule has 0 atom stereocenters. The molecule has 10 nitrogen and oxygen atoms in total. The second-order valence-electron chi connectivity index (χ2n) is 6.76. The van der Waals surface area contributed by atoms with E-state index in [0.717, 1.165) is 4.47 Å². The maximum atomic E-state index is 12.1. The summed E-state index contributed by atoms with van der Waals surface area (Å²) in [7, 11) is 1.45. The first-order valence-electron chi connectivity index (χ1n) is 9.80. The molecule has 0 fully saturated rings. The summed E-state index contributed by atoms with van der Waals surface area (Å²) in [5, 5.41) is 17.2. The van der Waals surface area contributed by atoms with E-state index in [0.29, 0.717) is 28.3 Å². The number of methoxy groups -OCH3 is 1. The van der Waals surface area contributed by atoms with Gasteiger partial charge in [0.25, 0.3) is 17.5 Å². The van der Waals surface area contributed by atoms with Gasteiger partial charge in [-0.3, -0.25) is 19.7 Å². The van der Waals surface area contributed by atoms with E-state index in [4.69, 9.17) is 9.47 Å². The molecule has 0 aliphatic carbocycles. The quantitative estimate of drug-likeness (QED) is 0.244. The number of non-ortho nitro benzene ring substituents is 1. The molecule has 2 amide bonds. The van der Waals surface area contributed by atoms with Crippen molar-refractivity contribution in [1.29, 1.82) is 0 Å². The Morgan fingerprint density at radius 2 is 1.85 bits per heavy atom. The average Bonchev–Trinajstić information content (AvgIpc) is 2.83. The van der Waals surface area contributed by atoms with Crippen LogP contribution in [0, 0.1) is 10.1 Å². The van der Waals surface area contributed by atoms with Gasteiger partial charge in [-0.15, -0.1) is 0 Å². The lowest BCUT2D eigenvalue weighted by molar-refractivity contribution is -0.384. The van der Waals surface area contributed by atoms with Crippen molar-refractivity contribution in [3.8, 4) is 11.5 Å². The molecule has 0 aliphatic heterocycles. The minimum atomic E-state index is -0.522. The summed E-state index contributed by atoms with van der Waals surface area (Å²) < 4.78 is 11.6. The molecular formula is C23H19BrN4O6. The molecule has 0 unspecified atom stereocenters. The van der Waals surface area contributed by atoms with E-state index in [9.17, 15) is 19.7 Å². The Morgan fingerprint density at radius 1 is 1.09 bits per heavy atom. The predicted octanol–water partition coefficient (Wildman–Crippen LogP) is 4.15. The molecule has 2 N–H and O–H groups in total. The smallest absolute Gasteiger partial charge is 0.271 e. The lowest BCUT2D eigenvalue weighted by Gasteiger charge is -2.11. The number of nitro groups is 1. The van der Waals surface area contributed by atoms with Gasteiger partial charge in [-0.25, -0.2) is 5.43 Å². The summed E-state index contributed by atoms with van der Waals surface area (Å²) >= 11 is 3.31. The van der Waals surface area contributed by atoms with Crippen LogP contribution in [0.2, 0.25) is 0 Å². The lowest BCUT2D eigenvalue weighted by Crippen LogP contribution is -2.20. The summed E-state index contributed by atoms with van der Waals surface area (Å²) in [6.45, 7) is -0.302. The van der Waals surface area contributed by atoms with Crippen molar-refractivity contribution in [1.82, 2.24) is 5.43 Å². The number of halogens is 1. The number of nitrogens with zero attached hydrogens (tertiary/aromatic N) is 2. The van der Waals surface area contributed by atoms with Crippen LogP contribution in [0.25, 0.3) is 0 Å². The van der Waals surface area contributed by atoms with E-state index in [-0.39, 0.29) is 18.2 Å². The zero-order chi connectivity index (χ0) is 24.5. The number of carbonyl (C=O) groups is 2. The van der Waals surface area contributed by atoms with Crippen LogP contribution < -0.4 is 20.2 Å². The topological polar surface area (TPSA) is 132 Å². The first-order chi connectivity index (χ1) is 16.4. The first-order valence-corrected chi connectivity index (χ1v) is 10.6. The zero-order valence-corrected chi connectivity index (χ0v) is 19.4. The van der Waals surface area contributed by atoms with Gasteiger partial charge < -0.3 is 14.8 Å². The highest BCUT2D eigenvalue weighted by Crippen LogP contribution is 2.27. The van der Waals surface area contributed by atoms with Gasteiger partial charge in [0.2, 0.25) is 0 Å². The van der Waals surface area contributed by atoms with Crippen LogP contribution in [0.4, 0.5) is 11.4 Å². The van der Waals surface area contributed by atoms with Crippen LogP contribution in [0.1, 0.15) is 15.9 Å². The molecule has 0 bridgehead atoms. The first kappa shape index (κ1) is 24.4. The zero-order valence-electron chi connectivity index (χ0n) is 17.9. The van der Waals surface area contributed by atoms with Gasteiger partial charge in [0, 0.05) is 27.9 Å². The number of amides is 2. The highest BCUT2D eigenvalue weighted by Gasteiger charge is 2.10. The predicted molar refractivity (Wildman–Crippen MR) is 129 cm³/mol. The van der Waals surface area contributed by atoms with E-state index in [1.807, 2.05) is 6.07 Å². The van der Waals surface area contributed by atoms with Crippen molar-refractivity contribution in [2.45, 2.75) is 0 Å². The number of anilines is 1. The SMILES string of the molecule is COc1cc(/C=N/NC(=O)c2cccc(Br)c2)ccc1OCC(=O)Nc1ccc([N+](=O)[O-])cc1. The van der Waals surface area contributed by atoms with E-state index >= 15 is 0 Å². The minimum absolute atomic E-state index is 0.0738. The monoisotopic (exact) mass is 526 g/mol. The average molecular weight is 527 g/mol. The molecule has 0 aliphatic rings. The molecule has 3 aromatic rings. The summed E-state index contributed by atoms with van der Waals surface area (Å²) in [4.78, 5) is 34.4. The Labute approximate surface area is 202 Å². The fourth-order valence-corrected chi connectivity index (χ4v) is 3.15. The van der Waals surface area contributed by atoms with Crippen molar-refractivity contribution >= 4 is 45.3 Å². The fourth-order valence-electron chi connectivity index (χ4n) is 2.75. The van der Waals surface area contributed by atoms with E-state index in [2.05, 4.69) is 31.8 Å². The third kappa shape index (κ3) is 6.87. The van der Waals surface area contributed by atoms with Crippen molar-refractivity contribution in [3.63, 3.8) is 0 Å². The fraction of sp³-hybridized carbons (Fsp3) is 0.0870. The standard InChI is InChI=1S/C23H19BrN4O6/c1-33-21-11-15(13-25-27-23(30)16-3-2-4-17(24)12-16)5-10-20(21)34-14-22(29)26-18-6-8-19(9-7-18)28(31)32/h2-13H,14H2,1H3,(H,26,29)(H,27,30)/b25-13+. The van der Waals surface area contributed by atoms with Crippen LogP contribution in [-0.2, 0) is 4.79 Å².